The van der Waals surface area contributed by atoms with Crippen molar-refractivity contribution in [2.75, 3.05) is 13.2 Å². The van der Waals surface area contributed by atoms with Crippen LogP contribution in [0.1, 0.15) is 27.2 Å². The van der Waals surface area contributed by atoms with Crippen LogP contribution in [0.15, 0.2) is 0 Å². The van der Waals surface area contributed by atoms with Crippen LogP contribution in [-0.4, -0.2) is 42.9 Å². The number of rotatable bonds is 6. The third-order valence-corrected chi connectivity index (χ3v) is 3.00. The second kappa shape index (κ2) is 5.81. The SMILES string of the molecule is CCOC(=O)C(C(C)=O)(C(=O)OCC)C1CC(=O)N1. The van der Waals surface area contributed by atoms with Crippen LogP contribution < -0.4 is 5.32 Å². The molecule has 1 amide bonds. The Morgan fingerprint density at radius 2 is 1.63 bits per heavy atom. The van der Waals surface area contributed by atoms with Gasteiger partial charge in [-0.1, -0.05) is 0 Å². The van der Waals surface area contributed by atoms with Crippen molar-refractivity contribution in [2.45, 2.75) is 33.2 Å². The minimum absolute atomic E-state index is 0.0218. The number of Topliss-reactive ketones (excluding diaryl/α,β-unsaturated/α-hetero) is 1. The van der Waals surface area contributed by atoms with Gasteiger partial charge in [-0.05, 0) is 20.8 Å². The van der Waals surface area contributed by atoms with Gasteiger partial charge in [-0.2, -0.15) is 0 Å². The number of esters is 2. The van der Waals surface area contributed by atoms with Crippen LogP contribution in [0.2, 0.25) is 0 Å². The van der Waals surface area contributed by atoms with E-state index in [0.29, 0.717) is 0 Å². The van der Waals surface area contributed by atoms with Crippen molar-refractivity contribution in [1.82, 2.24) is 5.32 Å². The van der Waals surface area contributed by atoms with Gasteiger partial charge in [0.25, 0.3) is 0 Å². The molecule has 1 atom stereocenters. The molecule has 1 rings (SSSR count). The fourth-order valence-electron chi connectivity index (χ4n) is 2.01. The first-order chi connectivity index (χ1) is 8.91. The maximum atomic E-state index is 12.1. The lowest BCUT2D eigenvalue weighted by atomic mass is 9.72. The Labute approximate surface area is 110 Å². The Hall–Kier alpha value is -1.92. The van der Waals surface area contributed by atoms with Crippen molar-refractivity contribution in [3.05, 3.63) is 0 Å². The molecule has 0 saturated carbocycles. The number of carbonyl (C=O) groups excluding carboxylic acids is 4. The van der Waals surface area contributed by atoms with E-state index in [1.165, 1.54) is 0 Å². The Balaban J connectivity index is 3.17. The predicted octanol–water partition coefficient (Wildman–Crippen LogP) is -0.423. The summed E-state index contributed by atoms with van der Waals surface area (Å²) in [6.07, 6.45) is -0.0861. The monoisotopic (exact) mass is 271 g/mol. The van der Waals surface area contributed by atoms with Gasteiger partial charge in [0, 0.05) is 6.42 Å². The minimum atomic E-state index is -2.10. The highest BCUT2D eigenvalue weighted by molar-refractivity contribution is 6.21. The summed E-state index contributed by atoms with van der Waals surface area (Å²) in [6, 6.07) is -0.907. The molecule has 106 valence electrons. The summed E-state index contributed by atoms with van der Waals surface area (Å²) in [4.78, 5) is 47.0. The number of β-lactam (4-membered cyclic amide) rings is 1. The quantitative estimate of drug-likeness (QED) is 0.400. The van der Waals surface area contributed by atoms with Crippen molar-refractivity contribution in [2.24, 2.45) is 5.41 Å². The Morgan fingerprint density at radius 1 is 1.21 bits per heavy atom. The molecule has 7 heteroatoms. The first kappa shape index (κ1) is 15.1. The van der Waals surface area contributed by atoms with E-state index in [-0.39, 0.29) is 25.5 Å². The summed E-state index contributed by atoms with van der Waals surface area (Å²) in [6.45, 7) is 4.28. The molecule has 0 aromatic heterocycles. The molecule has 0 spiro atoms. The summed E-state index contributed by atoms with van der Waals surface area (Å²) >= 11 is 0. The second-order valence-corrected chi connectivity index (χ2v) is 4.13. The first-order valence-electron chi connectivity index (χ1n) is 6.06. The van der Waals surface area contributed by atoms with Gasteiger partial charge in [0.05, 0.1) is 19.3 Å². The molecular formula is C12H17NO6. The van der Waals surface area contributed by atoms with Gasteiger partial charge in [0.2, 0.25) is 11.3 Å². The maximum Gasteiger partial charge on any atom is 0.333 e. The highest BCUT2D eigenvalue weighted by Gasteiger charge is 2.62. The van der Waals surface area contributed by atoms with Crippen LogP contribution in [0.3, 0.4) is 0 Å². The average molecular weight is 271 g/mol. The summed E-state index contributed by atoms with van der Waals surface area (Å²) in [5, 5.41) is 2.38. The fourth-order valence-corrected chi connectivity index (χ4v) is 2.01. The molecule has 0 radical (unpaired) electrons. The largest absolute Gasteiger partial charge is 0.465 e. The second-order valence-electron chi connectivity index (χ2n) is 4.13. The molecule has 1 saturated heterocycles. The van der Waals surface area contributed by atoms with Crippen LogP contribution in [0.25, 0.3) is 0 Å². The number of hydrogen-bond acceptors (Lipinski definition) is 6. The molecular weight excluding hydrogens is 254 g/mol. The van der Waals surface area contributed by atoms with Crippen LogP contribution >= 0.6 is 0 Å². The van der Waals surface area contributed by atoms with Crippen molar-refractivity contribution in [3.8, 4) is 0 Å². The normalized spacial score (nSPS) is 18.1. The van der Waals surface area contributed by atoms with Crippen LogP contribution in [0.4, 0.5) is 0 Å². The van der Waals surface area contributed by atoms with Crippen LogP contribution in [0, 0.1) is 5.41 Å². The van der Waals surface area contributed by atoms with Crippen molar-refractivity contribution in [1.29, 1.82) is 0 Å². The molecule has 1 aliphatic heterocycles. The molecule has 19 heavy (non-hydrogen) atoms. The zero-order valence-corrected chi connectivity index (χ0v) is 11.1. The van der Waals surface area contributed by atoms with Crippen molar-refractivity contribution >= 4 is 23.6 Å². The zero-order valence-electron chi connectivity index (χ0n) is 11.1. The zero-order chi connectivity index (χ0) is 14.6. The predicted molar refractivity (Wildman–Crippen MR) is 62.9 cm³/mol. The van der Waals surface area contributed by atoms with E-state index in [1.807, 2.05) is 0 Å². The molecule has 0 bridgehead atoms. The van der Waals surface area contributed by atoms with Gasteiger partial charge < -0.3 is 14.8 Å². The highest BCUT2D eigenvalue weighted by atomic mass is 16.6. The van der Waals surface area contributed by atoms with Gasteiger partial charge >= 0.3 is 11.9 Å². The van der Waals surface area contributed by atoms with E-state index < -0.39 is 29.2 Å². The number of carbonyl (C=O) groups is 4. The molecule has 0 aromatic carbocycles. The number of nitrogens with one attached hydrogen (secondary N) is 1. The van der Waals surface area contributed by atoms with Gasteiger partial charge in [-0.15, -0.1) is 0 Å². The molecule has 7 nitrogen and oxygen atoms in total. The van der Waals surface area contributed by atoms with E-state index in [2.05, 4.69) is 5.32 Å². The molecule has 1 aliphatic rings. The summed E-state index contributed by atoms with van der Waals surface area (Å²) in [5.41, 5.74) is -2.10. The lowest BCUT2D eigenvalue weighted by Crippen LogP contribution is -2.67. The maximum absolute atomic E-state index is 12.1. The molecule has 0 aliphatic carbocycles. The Kier molecular flexibility index (Phi) is 4.63. The molecule has 1 N–H and O–H groups in total. The number of hydrogen-bond donors (Lipinski definition) is 1. The van der Waals surface area contributed by atoms with Crippen LogP contribution in [0.5, 0.6) is 0 Å². The summed E-state index contributed by atoms with van der Waals surface area (Å²) in [7, 11) is 0. The standard InChI is InChI=1S/C12H17NO6/c1-4-18-10(16)12(7(3)14,11(17)19-5-2)8-6-9(15)13-8/h8H,4-6H2,1-3H3,(H,13,15). The fraction of sp³-hybridized carbons (Fsp3) is 0.667. The average Bonchev–Trinajstić information content (AvgIpc) is 2.27. The third kappa shape index (κ3) is 2.45. The van der Waals surface area contributed by atoms with Crippen molar-refractivity contribution in [3.63, 3.8) is 0 Å². The number of ether oxygens (including phenoxy) is 2. The first-order valence-corrected chi connectivity index (χ1v) is 6.06. The lowest BCUT2D eigenvalue weighted by Gasteiger charge is -2.39. The van der Waals surface area contributed by atoms with E-state index in [1.54, 1.807) is 13.8 Å². The molecule has 1 heterocycles. The van der Waals surface area contributed by atoms with E-state index in [9.17, 15) is 19.2 Å². The summed E-state index contributed by atoms with van der Waals surface area (Å²) < 4.78 is 9.63. The van der Waals surface area contributed by atoms with Gasteiger partial charge in [-0.3, -0.25) is 19.2 Å². The van der Waals surface area contributed by atoms with E-state index in [0.717, 1.165) is 6.92 Å². The summed E-state index contributed by atoms with van der Waals surface area (Å²) in [5.74, 6) is -2.99. The highest BCUT2D eigenvalue weighted by Crippen LogP contribution is 2.33. The lowest BCUT2D eigenvalue weighted by molar-refractivity contribution is -0.179. The number of amides is 1. The molecule has 1 unspecified atom stereocenters. The smallest absolute Gasteiger partial charge is 0.333 e. The van der Waals surface area contributed by atoms with Gasteiger partial charge in [-0.25, -0.2) is 0 Å². The number of ketones is 1. The third-order valence-electron chi connectivity index (χ3n) is 3.00. The van der Waals surface area contributed by atoms with Crippen LogP contribution in [-0.2, 0) is 28.7 Å². The van der Waals surface area contributed by atoms with Gasteiger partial charge in [0.15, 0.2) is 5.78 Å². The van der Waals surface area contributed by atoms with Crippen molar-refractivity contribution < 1.29 is 28.7 Å². The molecule has 0 aromatic rings. The Bertz CT molecular complexity index is 390. The van der Waals surface area contributed by atoms with E-state index in [4.69, 9.17) is 9.47 Å². The topological polar surface area (TPSA) is 98.8 Å². The van der Waals surface area contributed by atoms with E-state index >= 15 is 0 Å². The molecule has 1 fully saturated rings. The van der Waals surface area contributed by atoms with Gasteiger partial charge in [0.1, 0.15) is 0 Å². The Morgan fingerprint density at radius 3 is 1.89 bits per heavy atom. The minimum Gasteiger partial charge on any atom is -0.465 e.